The monoisotopic (exact) mass is 251 g/mol. The summed E-state index contributed by atoms with van der Waals surface area (Å²) in [6.07, 6.45) is 4.18. The quantitative estimate of drug-likeness (QED) is 0.682. The largest absolute Gasteiger partial charge is 0.487 e. The van der Waals surface area contributed by atoms with Gasteiger partial charge in [0.2, 0.25) is 0 Å². The fourth-order valence-corrected chi connectivity index (χ4v) is 2.26. The predicted octanol–water partition coefficient (Wildman–Crippen LogP) is 4.14. The van der Waals surface area contributed by atoms with E-state index in [9.17, 15) is 0 Å². The molecule has 0 N–H and O–H groups in total. The summed E-state index contributed by atoms with van der Waals surface area (Å²) in [4.78, 5) is 0. The molecule has 0 atom stereocenters. The smallest absolute Gasteiger partial charge is 0.136 e. The third-order valence-electron chi connectivity index (χ3n) is 3.51. The highest BCUT2D eigenvalue weighted by Gasteiger charge is 2.04. The highest BCUT2D eigenvalue weighted by molar-refractivity contribution is 5.59. The first-order valence-electron chi connectivity index (χ1n) is 6.49. The average molecular weight is 251 g/mol. The van der Waals surface area contributed by atoms with Crippen LogP contribution in [0.25, 0.3) is 5.52 Å². The molecule has 0 aliphatic carbocycles. The molecule has 2 heteroatoms. The maximum Gasteiger partial charge on any atom is 0.136 e. The standard InChI is InChI=1S/C17H17NO/c1-13-10-18-11-16(8-9-17(18)14(13)2)19-12-15-6-4-3-5-7-15/h3-11H,12H2,1-2H3. The second kappa shape index (κ2) is 4.81. The molecule has 0 amide bonds. The van der Waals surface area contributed by atoms with E-state index in [1.165, 1.54) is 22.2 Å². The van der Waals surface area contributed by atoms with Crippen molar-refractivity contribution in [2.75, 3.05) is 0 Å². The normalized spacial score (nSPS) is 10.8. The molecule has 0 bridgehead atoms. The Morgan fingerprint density at radius 3 is 2.53 bits per heavy atom. The lowest BCUT2D eigenvalue weighted by Gasteiger charge is -2.07. The van der Waals surface area contributed by atoms with Crippen LogP contribution in [-0.4, -0.2) is 4.40 Å². The van der Waals surface area contributed by atoms with Crippen LogP contribution in [0.1, 0.15) is 16.7 Å². The van der Waals surface area contributed by atoms with E-state index in [0.717, 1.165) is 5.75 Å². The fourth-order valence-electron chi connectivity index (χ4n) is 2.26. The van der Waals surface area contributed by atoms with Gasteiger partial charge in [0, 0.05) is 11.7 Å². The Hall–Kier alpha value is -2.22. The fraction of sp³-hybridized carbons (Fsp3) is 0.176. The van der Waals surface area contributed by atoms with E-state index in [1.54, 1.807) is 0 Å². The Kier molecular flexibility index (Phi) is 3.00. The van der Waals surface area contributed by atoms with Crippen LogP contribution in [0, 0.1) is 13.8 Å². The molecule has 0 saturated carbocycles. The number of aryl methyl sites for hydroxylation is 2. The lowest BCUT2D eigenvalue weighted by atomic mass is 10.2. The van der Waals surface area contributed by atoms with Gasteiger partial charge in [-0.25, -0.2) is 0 Å². The molecule has 1 aromatic carbocycles. The van der Waals surface area contributed by atoms with Gasteiger partial charge >= 0.3 is 0 Å². The molecule has 2 aromatic heterocycles. The minimum atomic E-state index is 0.603. The van der Waals surface area contributed by atoms with E-state index in [4.69, 9.17) is 4.74 Å². The van der Waals surface area contributed by atoms with Gasteiger partial charge in [0.05, 0.1) is 6.20 Å². The summed E-state index contributed by atoms with van der Waals surface area (Å²) in [5, 5.41) is 0. The molecule has 2 nitrogen and oxygen atoms in total. The minimum absolute atomic E-state index is 0.603. The number of hydrogen-bond acceptors (Lipinski definition) is 1. The van der Waals surface area contributed by atoms with Crippen LogP contribution in [-0.2, 0) is 6.61 Å². The molecule has 0 spiro atoms. The molecule has 3 rings (SSSR count). The summed E-state index contributed by atoms with van der Waals surface area (Å²) < 4.78 is 7.96. The van der Waals surface area contributed by atoms with E-state index in [2.05, 4.69) is 42.6 Å². The predicted molar refractivity (Wildman–Crippen MR) is 77.6 cm³/mol. The molecule has 0 saturated heterocycles. The SMILES string of the molecule is Cc1cn2cc(OCc3ccccc3)ccc2c1C. The number of nitrogens with zero attached hydrogens (tertiary/aromatic N) is 1. The van der Waals surface area contributed by atoms with Gasteiger partial charge in [0.25, 0.3) is 0 Å². The number of hydrogen-bond donors (Lipinski definition) is 0. The highest BCUT2D eigenvalue weighted by Crippen LogP contribution is 2.21. The van der Waals surface area contributed by atoms with Gasteiger partial charge in [-0.2, -0.15) is 0 Å². The molecule has 0 aliphatic rings. The van der Waals surface area contributed by atoms with Crippen molar-refractivity contribution in [3.8, 4) is 5.75 Å². The van der Waals surface area contributed by atoms with Crippen molar-refractivity contribution in [1.82, 2.24) is 4.40 Å². The molecule has 96 valence electrons. The first kappa shape index (κ1) is 11.8. The summed E-state index contributed by atoms with van der Waals surface area (Å²) in [6, 6.07) is 14.4. The molecular formula is C17H17NO. The summed E-state index contributed by atoms with van der Waals surface area (Å²) in [5.41, 5.74) is 5.06. The maximum atomic E-state index is 5.83. The molecular weight excluding hydrogens is 234 g/mol. The van der Waals surface area contributed by atoms with E-state index in [0.29, 0.717) is 6.61 Å². The Morgan fingerprint density at radius 2 is 1.74 bits per heavy atom. The third-order valence-corrected chi connectivity index (χ3v) is 3.51. The molecule has 0 radical (unpaired) electrons. The average Bonchev–Trinajstić information content (AvgIpc) is 2.73. The first-order chi connectivity index (χ1) is 9.24. The van der Waals surface area contributed by atoms with Crippen molar-refractivity contribution >= 4 is 5.52 Å². The van der Waals surface area contributed by atoms with Crippen LogP contribution in [0.3, 0.4) is 0 Å². The van der Waals surface area contributed by atoms with E-state index in [-0.39, 0.29) is 0 Å². The molecule has 0 unspecified atom stereocenters. The topological polar surface area (TPSA) is 13.6 Å². The van der Waals surface area contributed by atoms with Crippen LogP contribution in [0.4, 0.5) is 0 Å². The van der Waals surface area contributed by atoms with Crippen LogP contribution in [0.2, 0.25) is 0 Å². The Bertz CT molecular complexity index is 698. The molecule has 2 heterocycles. The Morgan fingerprint density at radius 1 is 0.947 bits per heavy atom. The zero-order chi connectivity index (χ0) is 13.2. The van der Waals surface area contributed by atoms with E-state index in [1.807, 2.05) is 30.5 Å². The molecule has 0 fully saturated rings. The third kappa shape index (κ3) is 2.34. The van der Waals surface area contributed by atoms with Gasteiger partial charge in [-0.1, -0.05) is 30.3 Å². The first-order valence-corrected chi connectivity index (χ1v) is 6.49. The van der Waals surface area contributed by atoms with Crippen LogP contribution in [0.15, 0.2) is 54.9 Å². The second-order valence-electron chi connectivity index (χ2n) is 4.87. The zero-order valence-electron chi connectivity index (χ0n) is 11.3. The van der Waals surface area contributed by atoms with Crippen molar-refractivity contribution in [3.05, 3.63) is 71.5 Å². The Labute approximate surface area is 113 Å². The second-order valence-corrected chi connectivity index (χ2v) is 4.87. The van der Waals surface area contributed by atoms with Gasteiger partial charge in [0.1, 0.15) is 12.4 Å². The Balaban J connectivity index is 1.82. The summed E-state index contributed by atoms with van der Waals surface area (Å²) in [7, 11) is 0. The summed E-state index contributed by atoms with van der Waals surface area (Å²) in [5.74, 6) is 0.895. The number of pyridine rings is 1. The number of benzene rings is 1. The molecule has 0 aliphatic heterocycles. The minimum Gasteiger partial charge on any atom is -0.487 e. The van der Waals surface area contributed by atoms with Crippen LogP contribution < -0.4 is 4.74 Å². The number of rotatable bonds is 3. The number of fused-ring (bicyclic) bond motifs is 1. The van der Waals surface area contributed by atoms with E-state index < -0.39 is 0 Å². The highest BCUT2D eigenvalue weighted by atomic mass is 16.5. The summed E-state index contributed by atoms with van der Waals surface area (Å²) >= 11 is 0. The van der Waals surface area contributed by atoms with Gasteiger partial charge in [-0.15, -0.1) is 0 Å². The number of ether oxygens (including phenoxy) is 1. The van der Waals surface area contributed by atoms with Crippen LogP contribution >= 0.6 is 0 Å². The zero-order valence-corrected chi connectivity index (χ0v) is 11.3. The van der Waals surface area contributed by atoms with Gasteiger partial charge < -0.3 is 9.14 Å². The van der Waals surface area contributed by atoms with Crippen molar-refractivity contribution < 1.29 is 4.74 Å². The van der Waals surface area contributed by atoms with Crippen molar-refractivity contribution in [2.24, 2.45) is 0 Å². The van der Waals surface area contributed by atoms with Gasteiger partial charge in [-0.3, -0.25) is 0 Å². The van der Waals surface area contributed by atoms with E-state index >= 15 is 0 Å². The lowest BCUT2D eigenvalue weighted by molar-refractivity contribution is 0.304. The summed E-state index contributed by atoms with van der Waals surface area (Å²) in [6.45, 7) is 4.88. The van der Waals surface area contributed by atoms with Crippen LogP contribution in [0.5, 0.6) is 5.75 Å². The van der Waals surface area contributed by atoms with Crippen molar-refractivity contribution in [2.45, 2.75) is 20.5 Å². The van der Waals surface area contributed by atoms with Crippen molar-refractivity contribution in [3.63, 3.8) is 0 Å². The van der Waals surface area contributed by atoms with Crippen molar-refractivity contribution in [1.29, 1.82) is 0 Å². The number of aromatic nitrogens is 1. The molecule has 3 aromatic rings. The molecule has 19 heavy (non-hydrogen) atoms. The van der Waals surface area contributed by atoms with Gasteiger partial charge in [-0.05, 0) is 42.7 Å². The lowest BCUT2D eigenvalue weighted by Crippen LogP contribution is -1.96. The maximum absolute atomic E-state index is 5.83. The van der Waals surface area contributed by atoms with Gasteiger partial charge in [0.15, 0.2) is 0 Å².